The maximum atomic E-state index is 15.3. The molecule has 0 saturated heterocycles. The Morgan fingerprint density at radius 3 is 2.38 bits per heavy atom. The Bertz CT molecular complexity index is 1760. The van der Waals surface area contributed by atoms with Crippen LogP contribution in [-0.4, -0.2) is 22.8 Å². The summed E-state index contributed by atoms with van der Waals surface area (Å²) in [6.45, 7) is -0.491. The van der Waals surface area contributed by atoms with Gasteiger partial charge >= 0.3 is 12.1 Å². The van der Waals surface area contributed by atoms with E-state index >= 15 is 4.39 Å². The van der Waals surface area contributed by atoms with Crippen LogP contribution in [0.15, 0.2) is 54.6 Å². The zero-order valence-corrected chi connectivity index (χ0v) is 21.2. The van der Waals surface area contributed by atoms with Crippen molar-refractivity contribution in [3.8, 4) is 23.6 Å². The number of aromatic nitrogens is 1. The van der Waals surface area contributed by atoms with Gasteiger partial charge in [-0.25, -0.2) is 9.18 Å². The SMILES string of the molecule is N#Cc1cc(Cl)cc(Oc2c(Cl)ccc(CNC(=O)c3cc4ccc(C#N)cc4n3OC(=O)C(F)(F)F)c2F)c1. The van der Waals surface area contributed by atoms with E-state index in [0.29, 0.717) is 4.73 Å². The first-order valence-electron chi connectivity index (χ1n) is 10.9. The highest BCUT2D eigenvalue weighted by Crippen LogP contribution is 2.35. The van der Waals surface area contributed by atoms with Gasteiger partial charge in [0, 0.05) is 22.5 Å². The standard InChI is InChI=1S/C26H12Cl2F4N4O4/c27-17-5-14(11-34)6-18(9-17)39-23-19(28)4-3-16(22(23)29)12-35-24(37)21-8-15-2-1-13(10-33)7-20(15)36(21)40-25(38)26(30,31)32/h1-9H,12H2,(H,35,37). The summed E-state index contributed by atoms with van der Waals surface area (Å²) < 4.78 is 59.8. The average molecular weight is 591 g/mol. The second-order valence-electron chi connectivity index (χ2n) is 8.01. The highest BCUT2D eigenvalue weighted by Gasteiger charge is 2.42. The van der Waals surface area contributed by atoms with Crippen molar-refractivity contribution in [3.05, 3.63) is 92.8 Å². The lowest BCUT2D eigenvalue weighted by atomic mass is 10.2. The molecular weight excluding hydrogens is 579 g/mol. The number of carbonyl (C=O) groups excluding carboxylic acids is 2. The summed E-state index contributed by atoms with van der Waals surface area (Å²) in [5.41, 5.74) is -0.646. The van der Waals surface area contributed by atoms with Crippen molar-refractivity contribution in [1.82, 2.24) is 10.0 Å². The third-order valence-electron chi connectivity index (χ3n) is 5.32. The van der Waals surface area contributed by atoms with Gasteiger partial charge in [-0.05, 0) is 42.5 Å². The molecule has 0 aliphatic carbocycles. The highest BCUT2D eigenvalue weighted by atomic mass is 35.5. The summed E-state index contributed by atoms with van der Waals surface area (Å²) in [4.78, 5) is 28.9. The topological polar surface area (TPSA) is 117 Å². The molecule has 3 aromatic carbocycles. The van der Waals surface area contributed by atoms with Gasteiger partial charge in [-0.2, -0.15) is 28.4 Å². The number of carbonyl (C=O) groups is 2. The van der Waals surface area contributed by atoms with Gasteiger partial charge in [-0.3, -0.25) is 4.79 Å². The lowest BCUT2D eigenvalue weighted by Crippen LogP contribution is -2.36. The molecule has 4 rings (SSSR count). The number of ether oxygens (including phenoxy) is 1. The first kappa shape index (κ1) is 28.2. The number of nitrogens with one attached hydrogen (secondary N) is 1. The summed E-state index contributed by atoms with van der Waals surface area (Å²) in [5.74, 6) is -5.04. The fourth-order valence-electron chi connectivity index (χ4n) is 3.51. The zero-order valence-electron chi connectivity index (χ0n) is 19.6. The first-order valence-corrected chi connectivity index (χ1v) is 11.7. The van der Waals surface area contributed by atoms with Crippen LogP contribution >= 0.6 is 23.2 Å². The van der Waals surface area contributed by atoms with Gasteiger partial charge in [-0.1, -0.05) is 35.3 Å². The molecule has 4 aromatic rings. The smallest absolute Gasteiger partial charge is 0.453 e. The Morgan fingerprint density at radius 1 is 0.975 bits per heavy atom. The Hall–Kier alpha value is -4.78. The van der Waals surface area contributed by atoms with E-state index in [0.717, 1.165) is 12.1 Å². The van der Waals surface area contributed by atoms with Crippen LogP contribution in [0.25, 0.3) is 10.9 Å². The monoisotopic (exact) mass is 590 g/mol. The van der Waals surface area contributed by atoms with Gasteiger partial charge < -0.3 is 14.9 Å². The summed E-state index contributed by atoms with van der Waals surface area (Å²) in [6, 6.07) is 15.1. The molecule has 0 saturated carbocycles. The molecule has 0 unspecified atom stereocenters. The Morgan fingerprint density at radius 2 is 1.70 bits per heavy atom. The number of hydrogen-bond donors (Lipinski definition) is 1. The highest BCUT2D eigenvalue weighted by molar-refractivity contribution is 6.32. The van der Waals surface area contributed by atoms with Crippen LogP contribution in [0.4, 0.5) is 17.6 Å². The Kier molecular flexibility index (Phi) is 7.86. The number of halogens is 6. The second kappa shape index (κ2) is 11.1. The van der Waals surface area contributed by atoms with E-state index in [-0.39, 0.29) is 43.4 Å². The lowest BCUT2D eigenvalue weighted by Gasteiger charge is -2.14. The van der Waals surface area contributed by atoms with Gasteiger partial charge in [-0.15, -0.1) is 0 Å². The molecule has 0 aliphatic heterocycles. The maximum Gasteiger partial charge on any atom is 0.493 e. The molecule has 1 aromatic heterocycles. The van der Waals surface area contributed by atoms with Crippen molar-refractivity contribution < 1.29 is 36.7 Å². The van der Waals surface area contributed by atoms with Crippen molar-refractivity contribution in [1.29, 1.82) is 10.5 Å². The lowest BCUT2D eigenvalue weighted by molar-refractivity contribution is -0.199. The molecule has 40 heavy (non-hydrogen) atoms. The number of hydrogen-bond acceptors (Lipinski definition) is 6. The zero-order chi connectivity index (χ0) is 29.2. The average Bonchev–Trinajstić information content (AvgIpc) is 3.27. The van der Waals surface area contributed by atoms with Crippen LogP contribution in [-0.2, 0) is 11.3 Å². The van der Waals surface area contributed by atoms with E-state index in [1.54, 1.807) is 6.07 Å². The van der Waals surface area contributed by atoms with Gasteiger partial charge in [0.1, 0.15) is 11.4 Å². The summed E-state index contributed by atoms with van der Waals surface area (Å²) in [7, 11) is 0. The molecule has 0 aliphatic rings. The van der Waals surface area contributed by atoms with Crippen LogP contribution in [0.3, 0.4) is 0 Å². The third-order valence-corrected chi connectivity index (χ3v) is 5.83. The first-order chi connectivity index (χ1) is 18.9. The molecule has 202 valence electrons. The molecule has 0 spiro atoms. The maximum absolute atomic E-state index is 15.3. The van der Waals surface area contributed by atoms with Crippen molar-refractivity contribution in [2.75, 3.05) is 0 Å². The summed E-state index contributed by atoms with van der Waals surface area (Å²) in [6.07, 6.45) is -5.38. The predicted octanol–water partition coefficient (Wildman–Crippen LogP) is 6.07. The molecular formula is C26H12Cl2F4N4O4. The molecule has 0 fully saturated rings. The molecule has 1 heterocycles. The normalized spacial score (nSPS) is 11.0. The Balaban J connectivity index is 1.63. The van der Waals surface area contributed by atoms with Gasteiger partial charge in [0.2, 0.25) is 0 Å². The number of rotatable bonds is 6. The second-order valence-corrected chi connectivity index (χ2v) is 8.85. The number of nitrogens with zero attached hydrogens (tertiary/aromatic N) is 3. The van der Waals surface area contributed by atoms with E-state index in [1.165, 1.54) is 42.5 Å². The number of amides is 1. The minimum Gasteiger partial charge on any atom is -0.453 e. The van der Waals surface area contributed by atoms with Crippen LogP contribution in [0, 0.1) is 28.5 Å². The molecule has 0 bridgehead atoms. The van der Waals surface area contributed by atoms with Crippen LogP contribution < -0.4 is 14.9 Å². The number of benzene rings is 3. The minimum absolute atomic E-state index is 0.0128. The van der Waals surface area contributed by atoms with E-state index < -0.39 is 41.9 Å². The molecule has 0 atom stereocenters. The molecule has 0 radical (unpaired) electrons. The minimum atomic E-state index is -5.38. The number of alkyl halides is 3. The molecule has 8 nitrogen and oxygen atoms in total. The van der Waals surface area contributed by atoms with Crippen molar-refractivity contribution in [2.24, 2.45) is 0 Å². The summed E-state index contributed by atoms with van der Waals surface area (Å²) in [5, 5.41) is 20.8. The third kappa shape index (κ3) is 5.94. The quantitative estimate of drug-likeness (QED) is 0.272. The largest absolute Gasteiger partial charge is 0.493 e. The van der Waals surface area contributed by atoms with Crippen molar-refractivity contribution in [2.45, 2.75) is 12.7 Å². The van der Waals surface area contributed by atoms with Gasteiger partial charge in [0.15, 0.2) is 11.6 Å². The van der Waals surface area contributed by atoms with E-state index in [9.17, 15) is 22.8 Å². The van der Waals surface area contributed by atoms with E-state index in [4.69, 9.17) is 38.5 Å². The predicted molar refractivity (Wildman–Crippen MR) is 133 cm³/mol. The van der Waals surface area contributed by atoms with Gasteiger partial charge in [0.25, 0.3) is 5.91 Å². The Labute approximate surface area is 232 Å². The van der Waals surface area contributed by atoms with Gasteiger partial charge in [0.05, 0.1) is 33.8 Å². The van der Waals surface area contributed by atoms with E-state index in [2.05, 4.69) is 10.2 Å². The number of fused-ring (bicyclic) bond motifs is 1. The summed E-state index contributed by atoms with van der Waals surface area (Å²) >= 11 is 12.0. The fourth-order valence-corrected chi connectivity index (χ4v) is 3.92. The molecule has 1 amide bonds. The molecule has 14 heteroatoms. The fraction of sp³-hybridized carbons (Fsp3) is 0.0769. The van der Waals surface area contributed by atoms with Crippen LogP contribution in [0.5, 0.6) is 11.5 Å². The van der Waals surface area contributed by atoms with Crippen LogP contribution in [0.2, 0.25) is 10.0 Å². The molecule has 1 N–H and O–H groups in total. The van der Waals surface area contributed by atoms with Crippen molar-refractivity contribution in [3.63, 3.8) is 0 Å². The number of nitriles is 2. The van der Waals surface area contributed by atoms with E-state index in [1.807, 2.05) is 6.07 Å². The van der Waals surface area contributed by atoms with Crippen molar-refractivity contribution >= 4 is 46.0 Å². The van der Waals surface area contributed by atoms with Crippen LogP contribution in [0.1, 0.15) is 27.2 Å².